The zero-order valence-electron chi connectivity index (χ0n) is 11.3. The summed E-state index contributed by atoms with van der Waals surface area (Å²) in [6, 6.07) is 3.37. The number of benzene rings is 1. The number of nitrogens with one attached hydrogen (secondary N) is 1. The number of rotatable bonds is 5. The van der Waals surface area contributed by atoms with Gasteiger partial charge in [0.25, 0.3) is 5.91 Å². The third kappa shape index (κ3) is 2.49. The second-order valence-corrected chi connectivity index (χ2v) is 6.89. The van der Waals surface area contributed by atoms with E-state index in [9.17, 15) is 17.6 Å². The Kier molecular flexibility index (Phi) is 3.73. The minimum Gasteiger partial charge on any atom is -0.496 e. The molecule has 7 heteroatoms. The normalized spacial score (nSPS) is 16.6. The largest absolute Gasteiger partial charge is 0.496 e. The molecule has 0 spiro atoms. The van der Waals surface area contributed by atoms with E-state index in [-0.39, 0.29) is 11.3 Å². The van der Waals surface area contributed by atoms with Crippen LogP contribution in [0.25, 0.3) is 0 Å². The molecule has 0 bridgehead atoms. The maximum atomic E-state index is 13.2. The van der Waals surface area contributed by atoms with Crippen molar-refractivity contribution in [2.75, 3.05) is 7.11 Å². The van der Waals surface area contributed by atoms with Gasteiger partial charge in [0.15, 0.2) is 0 Å². The number of halogens is 1. The molecule has 1 fully saturated rings. The van der Waals surface area contributed by atoms with Crippen LogP contribution in [-0.4, -0.2) is 26.2 Å². The first kappa shape index (κ1) is 14.8. The van der Waals surface area contributed by atoms with E-state index in [1.807, 2.05) is 4.72 Å². The van der Waals surface area contributed by atoms with Gasteiger partial charge < -0.3 is 4.74 Å². The molecule has 2 rings (SSSR count). The number of methoxy groups -OCH3 is 1. The van der Waals surface area contributed by atoms with Crippen molar-refractivity contribution in [2.45, 2.75) is 30.9 Å². The Hall–Kier alpha value is -1.63. The van der Waals surface area contributed by atoms with E-state index in [4.69, 9.17) is 4.74 Å². The van der Waals surface area contributed by atoms with Crippen LogP contribution in [-0.2, 0) is 10.0 Å². The molecular formula is C13H16FNO4S. The zero-order valence-corrected chi connectivity index (χ0v) is 12.1. The number of carbonyl (C=O) groups is 1. The first-order chi connectivity index (χ1) is 9.35. The van der Waals surface area contributed by atoms with Crippen molar-refractivity contribution in [2.24, 2.45) is 0 Å². The molecule has 1 aliphatic carbocycles. The molecule has 0 heterocycles. The molecule has 1 aromatic rings. The summed E-state index contributed by atoms with van der Waals surface area (Å²) in [5.74, 6) is -1.38. The molecule has 1 aromatic carbocycles. The lowest BCUT2D eigenvalue weighted by Gasteiger charge is -2.15. The van der Waals surface area contributed by atoms with Crippen LogP contribution in [0.15, 0.2) is 18.2 Å². The van der Waals surface area contributed by atoms with Crippen LogP contribution in [0.2, 0.25) is 0 Å². The Morgan fingerprint density at radius 1 is 1.45 bits per heavy atom. The molecule has 0 atom stereocenters. The van der Waals surface area contributed by atoms with Crippen molar-refractivity contribution < 1.29 is 22.3 Å². The molecule has 1 amide bonds. The molecule has 1 aliphatic rings. The fourth-order valence-electron chi connectivity index (χ4n) is 2.09. The molecule has 1 saturated carbocycles. The maximum absolute atomic E-state index is 13.2. The average Bonchev–Trinajstić information content (AvgIpc) is 3.19. The van der Waals surface area contributed by atoms with Gasteiger partial charge in [-0.05, 0) is 37.5 Å². The Labute approximate surface area is 117 Å². The standard InChI is InChI=1S/C13H16FNO4S/c1-3-13(6-7-13)20(17,18)15-12(16)10-8-9(14)4-5-11(10)19-2/h4-5,8H,3,6-7H2,1-2H3,(H,15,16). The lowest BCUT2D eigenvalue weighted by Crippen LogP contribution is -2.39. The minimum absolute atomic E-state index is 0.125. The Bertz CT molecular complexity index is 638. The summed E-state index contributed by atoms with van der Waals surface area (Å²) in [7, 11) is -2.44. The highest BCUT2D eigenvalue weighted by molar-refractivity contribution is 7.91. The van der Waals surface area contributed by atoms with Gasteiger partial charge in [0, 0.05) is 0 Å². The van der Waals surface area contributed by atoms with E-state index < -0.39 is 26.5 Å². The molecular weight excluding hydrogens is 285 g/mol. The van der Waals surface area contributed by atoms with Crippen LogP contribution >= 0.6 is 0 Å². The van der Waals surface area contributed by atoms with Gasteiger partial charge in [0.1, 0.15) is 11.6 Å². The molecule has 1 N–H and O–H groups in total. The van der Waals surface area contributed by atoms with Gasteiger partial charge in [-0.1, -0.05) is 6.92 Å². The van der Waals surface area contributed by atoms with Crippen LogP contribution in [0.5, 0.6) is 5.75 Å². The smallest absolute Gasteiger partial charge is 0.268 e. The van der Waals surface area contributed by atoms with Crippen LogP contribution in [0.1, 0.15) is 36.5 Å². The highest BCUT2D eigenvalue weighted by atomic mass is 32.2. The summed E-state index contributed by atoms with van der Waals surface area (Å²) in [6.07, 6.45) is 1.51. The summed E-state index contributed by atoms with van der Waals surface area (Å²) in [5.41, 5.74) is -0.136. The van der Waals surface area contributed by atoms with Crippen molar-refractivity contribution in [3.8, 4) is 5.75 Å². The van der Waals surface area contributed by atoms with Crippen LogP contribution in [0, 0.1) is 5.82 Å². The van der Waals surface area contributed by atoms with Crippen molar-refractivity contribution >= 4 is 15.9 Å². The Balaban J connectivity index is 2.27. The molecule has 0 aromatic heterocycles. The number of hydrogen-bond donors (Lipinski definition) is 1. The Morgan fingerprint density at radius 2 is 2.10 bits per heavy atom. The van der Waals surface area contributed by atoms with E-state index in [1.54, 1.807) is 6.92 Å². The summed E-state index contributed by atoms with van der Waals surface area (Å²) >= 11 is 0. The van der Waals surface area contributed by atoms with Gasteiger partial charge in [-0.25, -0.2) is 17.5 Å². The van der Waals surface area contributed by atoms with Gasteiger partial charge in [-0.15, -0.1) is 0 Å². The lowest BCUT2D eigenvalue weighted by molar-refractivity contribution is 0.0977. The van der Waals surface area contributed by atoms with Crippen LogP contribution < -0.4 is 9.46 Å². The second kappa shape index (κ2) is 5.05. The quantitative estimate of drug-likeness (QED) is 0.900. The first-order valence-electron chi connectivity index (χ1n) is 6.25. The van der Waals surface area contributed by atoms with E-state index in [1.165, 1.54) is 13.2 Å². The third-order valence-corrected chi connectivity index (χ3v) is 5.95. The van der Waals surface area contributed by atoms with Crippen molar-refractivity contribution in [1.29, 1.82) is 0 Å². The minimum atomic E-state index is -3.76. The summed E-state index contributed by atoms with van der Waals surface area (Å²) in [6.45, 7) is 1.76. The maximum Gasteiger partial charge on any atom is 0.268 e. The number of carbonyl (C=O) groups excluding carboxylic acids is 1. The lowest BCUT2D eigenvalue weighted by atomic mass is 10.2. The SMILES string of the molecule is CCC1(S(=O)(=O)NC(=O)c2cc(F)ccc2OC)CC1. The molecule has 110 valence electrons. The number of ether oxygens (including phenoxy) is 1. The highest BCUT2D eigenvalue weighted by Gasteiger charge is 2.53. The highest BCUT2D eigenvalue weighted by Crippen LogP contribution is 2.45. The summed E-state index contributed by atoms with van der Waals surface area (Å²) in [5, 5.41) is 0. The molecule has 0 radical (unpaired) electrons. The number of amides is 1. The average molecular weight is 301 g/mol. The van der Waals surface area contributed by atoms with E-state index in [2.05, 4.69) is 0 Å². The molecule has 0 unspecified atom stereocenters. The predicted molar refractivity (Wildman–Crippen MR) is 71.6 cm³/mol. The van der Waals surface area contributed by atoms with E-state index in [0.717, 1.165) is 12.1 Å². The monoisotopic (exact) mass is 301 g/mol. The second-order valence-electron chi connectivity index (χ2n) is 4.82. The first-order valence-corrected chi connectivity index (χ1v) is 7.74. The third-order valence-electron chi connectivity index (χ3n) is 3.66. The van der Waals surface area contributed by atoms with Crippen molar-refractivity contribution in [3.05, 3.63) is 29.6 Å². The van der Waals surface area contributed by atoms with Crippen molar-refractivity contribution in [1.82, 2.24) is 4.72 Å². The van der Waals surface area contributed by atoms with Crippen LogP contribution in [0.4, 0.5) is 4.39 Å². The molecule has 0 aliphatic heterocycles. The zero-order chi connectivity index (χ0) is 15.0. The molecule has 5 nitrogen and oxygen atoms in total. The van der Waals surface area contributed by atoms with Crippen molar-refractivity contribution in [3.63, 3.8) is 0 Å². The van der Waals surface area contributed by atoms with Gasteiger partial charge in [0.2, 0.25) is 10.0 Å². The van der Waals surface area contributed by atoms with E-state index >= 15 is 0 Å². The van der Waals surface area contributed by atoms with Crippen LogP contribution in [0.3, 0.4) is 0 Å². The summed E-state index contributed by atoms with van der Waals surface area (Å²) < 4.78 is 43.6. The number of hydrogen-bond acceptors (Lipinski definition) is 4. The molecule has 0 saturated heterocycles. The summed E-state index contributed by atoms with van der Waals surface area (Å²) in [4.78, 5) is 12.0. The Morgan fingerprint density at radius 3 is 2.60 bits per heavy atom. The topological polar surface area (TPSA) is 72.5 Å². The molecule has 20 heavy (non-hydrogen) atoms. The predicted octanol–water partition coefficient (Wildman–Crippen LogP) is 1.84. The fraction of sp³-hybridized carbons (Fsp3) is 0.462. The van der Waals surface area contributed by atoms with E-state index in [0.29, 0.717) is 19.3 Å². The fourth-order valence-corrected chi connectivity index (χ4v) is 3.68. The van der Waals surface area contributed by atoms with Gasteiger partial charge in [-0.3, -0.25) is 4.79 Å². The van der Waals surface area contributed by atoms with Gasteiger partial charge >= 0.3 is 0 Å². The number of sulfonamides is 1. The van der Waals surface area contributed by atoms with Gasteiger partial charge in [-0.2, -0.15) is 0 Å². The van der Waals surface area contributed by atoms with Gasteiger partial charge in [0.05, 0.1) is 17.4 Å².